The summed E-state index contributed by atoms with van der Waals surface area (Å²) in [7, 11) is 1.53. The second kappa shape index (κ2) is 5.00. The van der Waals surface area contributed by atoms with E-state index in [1.807, 2.05) is 0 Å². The molecule has 0 amide bonds. The topological polar surface area (TPSA) is 35.5 Å². The summed E-state index contributed by atoms with van der Waals surface area (Å²) in [6.45, 7) is 1.74. The highest BCUT2D eigenvalue weighted by Crippen LogP contribution is 2.30. The quantitative estimate of drug-likeness (QED) is 0.618. The van der Waals surface area contributed by atoms with Crippen molar-refractivity contribution < 1.29 is 14.3 Å². The van der Waals surface area contributed by atoms with Gasteiger partial charge in [0.1, 0.15) is 0 Å². The summed E-state index contributed by atoms with van der Waals surface area (Å²) in [5.41, 5.74) is 0. The van der Waals surface area contributed by atoms with Crippen LogP contribution in [0.5, 0.6) is 11.5 Å². The van der Waals surface area contributed by atoms with E-state index in [0.717, 1.165) is 4.47 Å². The van der Waals surface area contributed by atoms with Gasteiger partial charge in [-0.3, -0.25) is 4.79 Å². The summed E-state index contributed by atoms with van der Waals surface area (Å²) in [4.78, 5) is 11.0. The first kappa shape index (κ1) is 11.0. The van der Waals surface area contributed by atoms with Crippen molar-refractivity contribution in [3.8, 4) is 11.5 Å². The summed E-state index contributed by atoms with van der Waals surface area (Å²) < 4.78 is 11.0. The van der Waals surface area contributed by atoms with Gasteiger partial charge >= 0.3 is 5.97 Å². The minimum absolute atomic E-state index is 0.273. The van der Waals surface area contributed by atoms with Crippen LogP contribution in [0.15, 0.2) is 22.7 Å². The van der Waals surface area contributed by atoms with Crippen molar-refractivity contribution in [1.82, 2.24) is 0 Å². The molecule has 0 saturated heterocycles. The molecule has 3 nitrogen and oxygen atoms in total. The Morgan fingerprint density at radius 1 is 1.43 bits per heavy atom. The van der Waals surface area contributed by atoms with Gasteiger partial charge in [-0.2, -0.15) is 0 Å². The van der Waals surface area contributed by atoms with Gasteiger partial charge in [0.05, 0.1) is 7.11 Å². The fraction of sp³-hybridized carbons (Fsp3) is 0.300. The van der Waals surface area contributed by atoms with Crippen LogP contribution in [0, 0.1) is 0 Å². The Hall–Kier alpha value is -1.03. The predicted octanol–water partition coefficient (Wildman–Crippen LogP) is 2.77. The number of carbonyl (C=O) groups excluding carboxylic acids is 1. The molecular formula is C10H11BrO3. The zero-order chi connectivity index (χ0) is 10.6. The maximum absolute atomic E-state index is 11.0. The van der Waals surface area contributed by atoms with E-state index in [4.69, 9.17) is 9.47 Å². The molecule has 0 radical (unpaired) electrons. The first-order valence-electron chi connectivity index (χ1n) is 4.21. The van der Waals surface area contributed by atoms with E-state index in [2.05, 4.69) is 15.9 Å². The molecular weight excluding hydrogens is 248 g/mol. The lowest BCUT2D eigenvalue weighted by molar-refractivity contribution is -0.134. The van der Waals surface area contributed by atoms with Gasteiger partial charge < -0.3 is 9.47 Å². The normalized spacial score (nSPS) is 9.64. The molecule has 14 heavy (non-hydrogen) atoms. The number of carbonyl (C=O) groups is 1. The van der Waals surface area contributed by atoms with E-state index >= 15 is 0 Å². The van der Waals surface area contributed by atoms with Gasteiger partial charge in [-0.25, -0.2) is 0 Å². The molecule has 0 aliphatic carbocycles. The average molecular weight is 259 g/mol. The third kappa shape index (κ3) is 2.73. The van der Waals surface area contributed by atoms with Crippen molar-refractivity contribution in [1.29, 1.82) is 0 Å². The number of rotatable bonds is 3. The zero-order valence-electron chi connectivity index (χ0n) is 8.04. The molecule has 0 bridgehead atoms. The largest absolute Gasteiger partial charge is 0.493 e. The van der Waals surface area contributed by atoms with Crippen LogP contribution in [0.3, 0.4) is 0 Å². The number of ether oxygens (including phenoxy) is 2. The van der Waals surface area contributed by atoms with Gasteiger partial charge in [0, 0.05) is 10.9 Å². The fourth-order valence-electron chi connectivity index (χ4n) is 0.921. The molecule has 0 aliphatic rings. The lowest BCUT2D eigenvalue weighted by Crippen LogP contribution is -2.06. The smallest absolute Gasteiger partial charge is 0.311 e. The van der Waals surface area contributed by atoms with Crippen LogP contribution in [-0.4, -0.2) is 13.1 Å². The van der Waals surface area contributed by atoms with Gasteiger partial charge in [-0.15, -0.1) is 0 Å². The number of hydrogen-bond acceptors (Lipinski definition) is 3. The summed E-state index contributed by atoms with van der Waals surface area (Å²) in [5.74, 6) is 0.717. The van der Waals surface area contributed by atoms with Crippen molar-refractivity contribution in [2.45, 2.75) is 13.3 Å². The van der Waals surface area contributed by atoms with Crippen LogP contribution >= 0.6 is 15.9 Å². The predicted molar refractivity (Wildman–Crippen MR) is 56.6 cm³/mol. The van der Waals surface area contributed by atoms with E-state index in [-0.39, 0.29) is 5.97 Å². The molecule has 0 heterocycles. The standard InChI is InChI=1S/C10H11BrO3/c1-3-10(12)14-8-5-4-7(11)6-9(8)13-2/h4-6H,3H2,1-2H3. The van der Waals surface area contributed by atoms with Gasteiger partial charge in [0.15, 0.2) is 11.5 Å². The van der Waals surface area contributed by atoms with Crippen LogP contribution in [0.1, 0.15) is 13.3 Å². The molecule has 1 aromatic carbocycles. The molecule has 0 aromatic heterocycles. The van der Waals surface area contributed by atoms with Crippen LogP contribution in [0.4, 0.5) is 0 Å². The Morgan fingerprint density at radius 2 is 2.14 bits per heavy atom. The first-order valence-corrected chi connectivity index (χ1v) is 5.01. The van der Waals surface area contributed by atoms with Crippen molar-refractivity contribution >= 4 is 21.9 Å². The van der Waals surface area contributed by atoms with Gasteiger partial charge in [-0.1, -0.05) is 22.9 Å². The second-order valence-corrected chi connectivity index (χ2v) is 3.54. The molecule has 0 atom stereocenters. The molecule has 4 heteroatoms. The maximum Gasteiger partial charge on any atom is 0.311 e. The van der Waals surface area contributed by atoms with E-state index in [1.165, 1.54) is 7.11 Å². The van der Waals surface area contributed by atoms with E-state index < -0.39 is 0 Å². The Labute approximate surface area is 91.1 Å². The van der Waals surface area contributed by atoms with Crippen molar-refractivity contribution in [3.05, 3.63) is 22.7 Å². The molecule has 0 unspecified atom stereocenters. The van der Waals surface area contributed by atoms with Crippen LogP contribution in [-0.2, 0) is 4.79 Å². The van der Waals surface area contributed by atoms with Gasteiger partial charge in [0.25, 0.3) is 0 Å². The number of hydrogen-bond donors (Lipinski definition) is 0. The van der Waals surface area contributed by atoms with E-state index in [9.17, 15) is 4.79 Å². The minimum Gasteiger partial charge on any atom is -0.493 e. The SMILES string of the molecule is CCC(=O)Oc1ccc(Br)cc1OC. The van der Waals surface area contributed by atoms with Crippen LogP contribution in [0.2, 0.25) is 0 Å². The number of esters is 1. The Morgan fingerprint density at radius 3 is 2.71 bits per heavy atom. The Bertz CT molecular complexity index is 336. The van der Waals surface area contributed by atoms with Crippen molar-refractivity contribution in [2.75, 3.05) is 7.11 Å². The third-order valence-electron chi connectivity index (χ3n) is 1.64. The Kier molecular flexibility index (Phi) is 3.95. The van der Waals surface area contributed by atoms with Gasteiger partial charge in [0.2, 0.25) is 0 Å². The molecule has 0 aliphatic heterocycles. The molecule has 76 valence electrons. The summed E-state index contributed by atoms with van der Waals surface area (Å²) in [6, 6.07) is 5.23. The lowest BCUT2D eigenvalue weighted by Gasteiger charge is -2.08. The van der Waals surface area contributed by atoms with E-state index in [1.54, 1.807) is 25.1 Å². The molecule has 0 spiro atoms. The Balaban J connectivity index is 2.90. The second-order valence-electron chi connectivity index (χ2n) is 2.62. The molecule has 0 saturated carbocycles. The first-order chi connectivity index (χ1) is 6.67. The molecule has 0 fully saturated rings. The molecule has 0 N–H and O–H groups in total. The lowest BCUT2D eigenvalue weighted by atomic mass is 10.3. The number of halogens is 1. The van der Waals surface area contributed by atoms with Gasteiger partial charge in [-0.05, 0) is 18.2 Å². The highest BCUT2D eigenvalue weighted by atomic mass is 79.9. The number of methoxy groups -OCH3 is 1. The van der Waals surface area contributed by atoms with Crippen molar-refractivity contribution in [2.24, 2.45) is 0 Å². The van der Waals surface area contributed by atoms with Crippen LogP contribution in [0.25, 0.3) is 0 Å². The summed E-state index contributed by atoms with van der Waals surface area (Å²) in [6.07, 6.45) is 0.346. The summed E-state index contributed by atoms with van der Waals surface area (Å²) in [5, 5.41) is 0. The minimum atomic E-state index is -0.273. The number of benzene rings is 1. The highest BCUT2D eigenvalue weighted by molar-refractivity contribution is 9.10. The fourth-order valence-corrected chi connectivity index (χ4v) is 1.26. The zero-order valence-corrected chi connectivity index (χ0v) is 9.63. The van der Waals surface area contributed by atoms with E-state index in [0.29, 0.717) is 17.9 Å². The average Bonchev–Trinajstić information content (AvgIpc) is 2.20. The summed E-state index contributed by atoms with van der Waals surface area (Å²) >= 11 is 3.30. The monoisotopic (exact) mass is 258 g/mol. The van der Waals surface area contributed by atoms with Crippen molar-refractivity contribution in [3.63, 3.8) is 0 Å². The molecule has 1 rings (SSSR count). The maximum atomic E-state index is 11.0. The highest BCUT2D eigenvalue weighted by Gasteiger charge is 2.08. The van der Waals surface area contributed by atoms with Crippen LogP contribution < -0.4 is 9.47 Å². The molecule has 1 aromatic rings. The third-order valence-corrected chi connectivity index (χ3v) is 2.13.